The van der Waals surface area contributed by atoms with E-state index in [0.29, 0.717) is 26.4 Å². The maximum absolute atomic E-state index is 5.57. The van der Waals surface area contributed by atoms with E-state index in [9.17, 15) is 0 Å². The summed E-state index contributed by atoms with van der Waals surface area (Å²) in [6.07, 6.45) is 2.54. The first-order chi connectivity index (χ1) is 13.2. The maximum Gasteiger partial charge on any atom is 0.191 e. The van der Waals surface area contributed by atoms with E-state index in [4.69, 9.17) is 13.9 Å². The van der Waals surface area contributed by atoms with E-state index in [1.807, 2.05) is 23.7 Å². The Morgan fingerprint density at radius 2 is 2.11 bits per heavy atom. The highest BCUT2D eigenvalue weighted by Crippen LogP contribution is 2.12. The molecule has 0 unspecified atom stereocenters. The summed E-state index contributed by atoms with van der Waals surface area (Å²) in [5.41, 5.74) is 3.37. The molecule has 0 aliphatic carbocycles. The van der Waals surface area contributed by atoms with Gasteiger partial charge in [-0.15, -0.1) is 24.0 Å². The number of hydrogen-bond donors (Lipinski definition) is 2. The van der Waals surface area contributed by atoms with Crippen LogP contribution in [0, 0.1) is 13.8 Å². The van der Waals surface area contributed by atoms with E-state index in [2.05, 4.69) is 27.6 Å². The van der Waals surface area contributed by atoms with E-state index in [-0.39, 0.29) is 24.0 Å². The Balaban J connectivity index is 0.00000392. The maximum atomic E-state index is 5.57. The molecule has 2 heterocycles. The number of hydrogen-bond acceptors (Lipinski definition) is 5. The second kappa shape index (κ2) is 13.6. The van der Waals surface area contributed by atoms with Crippen LogP contribution in [0.4, 0.5) is 0 Å². The molecule has 0 atom stereocenters. The molecule has 0 aliphatic rings. The molecular weight excluding hydrogens is 473 g/mol. The van der Waals surface area contributed by atoms with E-state index in [0.717, 1.165) is 42.6 Å². The molecule has 0 aromatic carbocycles. The van der Waals surface area contributed by atoms with Gasteiger partial charge in [0.2, 0.25) is 0 Å². The number of halogens is 1. The van der Waals surface area contributed by atoms with E-state index in [1.54, 1.807) is 20.4 Å². The van der Waals surface area contributed by atoms with Crippen molar-refractivity contribution < 1.29 is 13.9 Å². The Hall–Kier alpha value is -1.59. The molecule has 0 bridgehead atoms. The van der Waals surface area contributed by atoms with Crippen LogP contribution in [-0.2, 0) is 29.2 Å². The molecule has 0 spiro atoms. The summed E-state index contributed by atoms with van der Waals surface area (Å²) < 4.78 is 17.9. The Morgan fingerprint density at radius 1 is 1.29 bits per heavy atom. The van der Waals surface area contributed by atoms with Crippen LogP contribution in [0.25, 0.3) is 0 Å². The summed E-state index contributed by atoms with van der Waals surface area (Å²) in [5.74, 6) is 1.61. The fourth-order valence-electron chi connectivity index (χ4n) is 2.73. The van der Waals surface area contributed by atoms with Gasteiger partial charge < -0.3 is 24.5 Å². The number of rotatable bonds is 11. The lowest BCUT2D eigenvalue weighted by atomic mass is 10.2. The van der Waals surface area contributed by atoms with Crippen molar-refractivity contribution in [3.8, 4) is 0 Å². The lowest BCUT2D eigenvalue weighted by molar-refractivity contribution is 0.105. The first kappa shape index (κ1) is 24.4. The molecule has 8 nitrogen and oxygen atoms in total. The lowest BCUT2D eigenvalue weighted by Crippen LogP contribution is -2.37. The zero-order valence-electron chi connectivity index (χ0n) is 17.2. The molecule has 9 heteroatoms. The van der Waals surface area contributed by atoms with Crippen molar-refractivity contribution in [1.82, 2.24) is 20.4 Å². The Kier molecular flexibility index (Phi) is 11.8. The molecule has 2 rings (SSSR count). The fourth-order valence-corrected chi connectivity index (χ4v) is 2.73. The first-order valence-corrected chi connectivity index (χ1v) is 9.22. The van der Waals surface area contributed by atoms with Crippen LogP contribution >= 0.6 is 24.0 Å². The van der Waals surface area contributed by atoms with E-state index in [1.165, 1.54) is 5.56 Å². The third kappa shape index (κ3) is 7.80. The average Bonchev–Trinajstić information content (AvgIpc) is 3.27. The van der Waals surface area contributed by atoms with Crippen molar-refractivity contribution in [3.05, 3.63) is 41.1 Å². The number of nitrogens with zero attached hydrogens (tertiary/aromatic N) is 3. The van der Waals surface area contributed by atoms with Crippen molar-refractivity contribution in [2.45, 2.75) is 40.0 Å². The van der Waals surface area contributed by atoms with Gasteiger partial charge >= 0.3 is 0 Å². The molecule has 0 aliphatic heterocycles. The van der Waals surface area contributed by atoms with Gasteiger partial charge in [0.25, 0.3) is 0 Å². The van der Waals surface area contributed by atoms with Crippen molar-refractivity contribution >= 4 is 29.9 Å². The minimum atomic E-state index is 0. The summed E-state index contributed by atoms with van der Waals surface area (Å²) in [6, 6.07) is 3.77. The summed E-state index contributed by atoms with van der Waals surface area (Å²) >= 11 is 0. The van der Waals surface area contributed by atoms with Gasteiger partial charge in [0, 0.05) is 45.1 Å². The standard InChI is InChI=1S/C19H31N5O3.HI/c1-15-18(16(2)24(23-15)9-12-25-4)13-22-19(20-3)21-8-6-10-26-14-17-7-5-11-27-17;/h5,7,11H,6,8-10,12-14H2,1-4H3,(H2,20,21,22);1H. The predicted molar refractivity (Wildman–Crippen MR) is 120 cm³/mol. The molecule has 0 saturated carbocycles. The van der Waals surface area contributed by atoms with Gasteiger partial charge in [0.05, 0.1) is 25.1 Å². The van der Waals surface area contributed by atoms with Crippen LogP contribution in [0.15, 0.2) is 27.8 Å². The summed E-state index contributed by atoms with van der Waals surface area (Å²) in [7, 11) is 3.47. The predicted octanol–water partition coefficient (Wildman–Crippen LogP) is 2.63. The molecule has 28 heavy (non-hydrogen) atoms. The summed E-state index contributed by atoms with van der Waals surface area (Å²) in [5, 5.41) is 11.2. The number of furan rings is 1. The largest absolute Gasteiger partial charge is 0.467 e. The van der Waals surface area contributed by atoms with Crippen molar-refractivity contribution in [2.24, 2.45) is 4.99 Å². The van der Waals surface area contributed by atoms with Gasteiger partial charge in [-0.3, -0.25) is 9.67 Å². The molecule has 158 valence electrons. The normalized spacial score (nSPS) is 11.4. The van der Waals surface area contributed by atoms with Crippen LogP contribution in [-0.4, -0.2) is 49.7 Å². The minimum Gasteiger partial charge on any atom is -0.467 e. The number of ether oxygens (including phenoxy) is 2. The molecule has 2 aromatic rings. The lowest BCUT2D eigenvalue weighted by Gasteiger charge is -2.12. The summed E-state index contributed by atoms with van der Waals surface area (Å²) in [4.78, 5) is 4.27. The van der Waals surface area contributed by atoms with Crippen LogP contribution in [0.2, 0.25) is 0 Å². The van der Waals surface area contributed by atoms with Gasteiger partial charge in [0.15, 0.2) is 5.96 Å². The number of aliphatic imine (C=N–C) groups is 1. The first-order valence-electron chi connectivity index (χ1n) is 9.22. The highest BCUT2D eigenvalue weighted by Gasteiger charge is 2.11. The number of guanidine groups is 1. The summed E-state index contributed by atoms with van der Waals surface area (Å²) in [6.45, 7) is 8.15. The van der Waals surface area contributed by atoms with Crippen LogP contribution in [0.1, 0.15) is 29.1 Å². The average molecular weight is 505 g/mol. The number of aryl methyl sites for hydroxylation is 1. The molecule has 0 fully saturated rings. The van der Waals surface area contributed by atoms with Crippen molar-refractivity contribution in [3.63, 3.8) is 0 Å². The van der Waals surface area contributed by atoms with Gasteiger partial charge in [0.1, 0.15) is 12.4 Å². The van der Waals surface area contributed by atoms with Crippen LogP contribution < -0.4 is 10.6 Å². The topological polar surface area (TPSA) is 85.8 Å². The van der Waals surface area contributed by atoms with Gasteiger partial charge in [-0.1, -0.05) is 0 Å². The van der Waals surface area contributed by atoms with E-state index < -0.39 is 0 Å². The molecule has 0 saturated heterocycles. The zero-order chi connectivity index (χ0) is 19.5. The third-order valence-corrected chi connectivity index (χ3v) is 4.28. The number of methoxy groups -OCH3 is 1. The van der Waals surface area contributed by atoms with Gasteiger partial charge in [-0.05, 0) is 32.4 Å². The van der Waals surface area contributed by atoms with Gasteiger partial charge in [-0.25, -0.2) is 0 Å². The van der Waals surface area contributed by atoms with Crippen LogP contribution in [0.3, 0.4) is 0 Å². The highest BCUT2D eigenvalue weighted by molar-refractivity contribution is 14.0. The van der Waals surface area contributed by atoms with Gasteiger partial charge in [-0.2, -0.15) is 5.10 Å². The molecule has 2 N–H and O–H groups in total. The minimum absolute atomic E-state index is 0. The molecule has 0 radical (unpaired) electrons. The Morgan fingerprint density at radius 3 is 2.79 bits per heavy atom. The highest BCUT2D eigenvalue weighted by atomic mass is 127. The number of nitrogens with one attached hydrogen (secondary N) is 2. The second-order valence-corrected chi connectivity index (χ2v) is 6.20. The quantitative estimate of drug-likeness (QED) is 0.212. The number of aromatic nitrogens is 2. The van der Waals surface area contributed by atoms with E-state index >= 15 is 0 Å². The Bertz CT molecular complexity index is 701. The SMILES string of the molecule is CN=C(NCCCOCc1ccco1)NCc1c(C)nn(CCOC)c1C.I. The Labute approximate surface area is 184 Å². The molecular formula is C19H32IN5O3. The third-order valence-electron chi connectivity index (χ3n) is 4.28. The monoisotopic (exact) mass is 505 g/mol. The van der Waals surface area contributed by atoms with Crippen LogP contribution in [0.5, 0.6) is 0 Å². The fraction of sp³-hybridized carbons (Fsp3) is 0.579. The molecule has 0 amide bonds. The second-order valence-electron chi connectivity index (χ2n) is 6.20. The van der Waals surface area contributed by atoms with Crippen molar-refractivity contribution in [1.29, 1.82) is 0 Å². The molecule has 2 aromatic heterocycles. The van der Waals surface area contributed by atoms with Crippen molar-refractivity contribution in [2.75, 3.05) is 33.9 Å². The zero-order valence-corrected chi connectivity index (χ0v) is 19.5. The smallest absolute Gasteiger partial charge is 0.191 e.